The maximum atomic E-state index is 13.8. The Morgan fingerprint density at radius 2 is 2.06 bits per heavy atom. The molecular formula is C25H22BrClFN3O2. The average molecular weight is 531 g/mol. The number of rotatable bonds is 7. The van der Waals surface area contributed by atoms with Crippen molar-refractivity contribution in [1.82, 2.24) is 9.55 Å². The first-order valence-electron chi connectivity index (χ1n) is 10.8. The third-order valence-electron chi connectivity index (χ3n) is 6.01. The smallest absolute Gasteiger partial charge is 0.358 e. The Bertz CT molecular complexity index is 1220. The van der Waals surface area contributed by atoms with Crippen molar-refractivity contribution in [3.63, 3.8) is 0 Å². The highest BCUT2D eigenvalue weighted by atomic mass is 79.9. The summed E-state index contributed by atoms with van der Waals surface area (Å²) in [6.45, 7) is 2.00. The molecule has 1 aromatic heterocycles. The minimum Gasteiger partial charge on any atom is -0.461 e. The normalized spacial score (nSPS) is 14.4. The van der Waals surface area contributed by atoms with Crippen LogP contribution in [0.15, 0.2) is 47.2 Å². The van der Waals surface area contributed by atoms with Gasteiger partial charge in [-0.1, -0.05) is 29.8 Å². The van der Waals surface area contributed by atoms with Gasteiger partial charge < -0.3 is 9.30 Å². The van der Waals surface area contributed by atoms with E-state index < -0.39 is 11.8 Å². The zero-order valence-electron chi connectivity index (χ0n) is 18.0. The van der Waals surface area contributed by atoms with Gasteiger partial charge in [-0.2, -0.15) is 5.26 Å². The standard InChI is InChI=1S/C25H22BrClFN3O2/c1-2-33-24(32)22-23(31(25(26)30-22)18-4-3-5-18)19(17-9-6-15(14-29)7-10-17)12-16-8-11-21(28)20(27)13-16/h6-11,13,18-19H,2-5,12H2,1H3. The molecule has 0 aliphatic heterocycles. The Kier molecular flexibility index (Phi) is 7.16. The van der Waals surface area contributed by atoms with Crippen molar-refractivity contribution in [3.05, 3.63) is 86.1 Å². The van der Waals surface area contributed by atoms with Crippen LogP contribution in [0.25, 0.3) is 0 Å². The van der Waals surface area contributed by atoms with Crippen molar-refractivity contribution >= 4 is 33.5 Å². The first-order chi connectivity index (χ1) is 15.9. The van der Waals surface area contributed by atoms with Gasteiger partial charge >= 0.3 is 5.97 Å². The SMILES string of the molecule is CCOC(=O)c1nc(Br)n(C2CCC2)c1C(Cc1ccc(F)c(Cl)c1)c1ccc(C#N)cc1. The highest BCUT2D eigenvalue weighted by Gasteiger charge is 2.34. The van der Waals surface area contributed by atoms with Crippen molar-refractivity contribution in [2.45, 2.75) is 44.6 Å². The Morgan fingerprint density at radius 1 is 1.33 bits per heavy atom. The van der Waals surface area contributed by atoms with E-state index in [0.29, 0.717) is 16.7 Å². The monoisotopic (exact) mass is 529 g/mol. The minimum absolute atomic E-state index is 0.0466. The molecule has 4 rings (SSSR count). The van der Waals surface area contributed by atoms with Gasteiger partial charge in [-0.15, -0.1) is 0 Å². The topological polar surface area (TPSA) is 67.9 Å². The summed E-state index contributed by atoms with van der Waals surface area (Å²) >= 11 is 9.62. The number of carbonyl (C=O) groups is 1. The van der Waals surface area contributed by atoms with E-state index in [1.165, 1.54) is 6.07 Å². The molecule has 0 spiro atoms. The minimum atomic E-state index is -0.484. The van der Waals surface area contributed by atoms with Crippen LogP contribution < -0.4 is 0 Å². The van der Waals surface area contributed by atoms with Crippen molar-refractivity contribution < 1.29 is 13.9 Å². The molecule has 33 heavy (non-hydrogen) atoms. The second-order valence-corrected chi connectivity index (χ2v) is 9.15. The van der Waals surface area contributed by atoms with Crippen molar-refractivity contribution in [2.75, 3.05) is 6.61 Å². The number of halogens is 3. The molecule has 1 fully saturated rings. The van der Waals surface area contributed by atoms with Gasteiger partial charge in [-0.05, 0) is 83.9 Å². The summed E-state index contributed by atoms with van der Waals surface area (Å²) in [5, 5.41) is 9.28. The van der Waals surface area contributed by atoms with Crippen LogP contribution in [0.2, 0.25) is 5.02 Å². The van der Waals surface area contributed by atoms with Gasteiger partial charge in [-0.25, -0.2) is 14.2 Å². The van der Waals surface area contributed by atoms with Gasteiger partial charge in [0.15, 0.2) is 10.4 Å². The number of ether oxygens (including phenoxy) is 1. The highest BCUT2D eigenvalue weighted by Crippen LogP contribution is 2.41. The van der Waals surface area contributed by atoms with Gasteiger partial charge in [0.1, 0.15) is 5.82 Å². The molecule has 0 amide bonds. The fourth-order valence-electron chi connectivity index (χ4n) is 4.16. The van der Waals surface area contributed by atoms with Crippen LogP contribution in [0.1, 0.15) is 71.0 Å². The molecule has 1 unspecified atom stereocenters. The number of hydrogen-bond acceptors (Lipinski definition) is 4. The van der Waals surface area contributed by atoms with E-state index >= 15 is 0 Å². The van der Waals surface area contributed by atoms with Gasteiger partial charge in [0.05, 0.1) is 29.0 Å². The molecule has 3 aromatic rings. The van der Waals surface area contributed by atoms with E-state index in [1.54, 1.807) is 31.2 Å². The largest absolute Gasteiger partial charge is 0.461 e. The lowest BCUT2D eigenvalue weighted by molar-refractivity contribution is 0.0517. The zero-order valence-corrected chi connectivity index (χ0v) is 20.4. The summed E-state index contributed by atoms with van der Waals surface area (Å²) in [4.78, 5) is 17.5. The first-order valence-corrected chi connectivity index (χ1v) is 12.0. The zero-order chi connectivity index (χ0) is 23.5. The molecule has 1 aliphatic carbocycles. The molecule has 0 N–H and O–H groups in total. The predicted molar refractivity (Wildman–Crippen MR) is 127 cm³/mol. The molecule has 0 saturated heterocycles. The van der Waals surface area contributed by atoms with Crippen molar-refractivity contribution in [3.8, 4) is 6.07 Å². The molecule has 0 radical (unpaired) electrons. The molecular weight excluding hydrogens is 509 g/mol. The molecule has 8 heteroatoms. The van der Waals surface area contributed by atoms with Gasteiger partial charge in [-0.3, -0.25) is 0 Å². The van der Waals surface area contributed by atoms with Gasteiger partial charge in [0, 0.05) is 12.0 Å². The van der Waals surface area contributed by atoms with Crippen LogP contribution in [0, 0.1) is 17.1 Å². The summed E-state index contributed by atoms with van der Waals surface area (Å²) in [5.41, 5.74) is 3.28. The lowest BCUT2D eigenvalue weighted by atomic mass is 9.86. The van der Waals surface area contributed by atoms with Crippen molar-refractivity contribution in [1.29, 1.82) is 5.26 Å². The number of aromatic nitrogens is 2. The number of esters is 1. The summed E-state index contributed by atoms with van der Waals surface area (Å²) < 4.78 is 21.8. The fraction of sp³-hybridized carbons (Fsp3) is 0.320. The lowest BCUT2D eigenvalue weighted by Crippen LogP contribution is -2.23. The number of carbonyl (C=O) groups excluding carboxylic acids is 1. The lowest BCUT2D eigenvalue weighted by Gasteiger charge is -2.32. The van der Waals surface area contributed by atoms with Crippen molar-refractivity contribution in [2.24, 2.45) is 0 Å². The summed E-state index contributed by atoms with van der Waals surface area (Å²) in [6.07, 6.45) is 3.56. The molecule has 1 atom stereocenters. The molecule has 1 saturated carbocycles. The van der Waals surface area contributed by atoms with Gasteiger partial charge in [0.2, 0.25) is 0 Å². The molecule has 1 aliphatic rings. The van der Waals surface area contributed by atoms with Crippen LogP contribution in [-0.2, 0) is 11.2 Å². The third-order valence-corrected chi connectivity index (χ3v) is 6.86. The first kappa shape index (κ1) is 23.5. The second kappa shape index (κ2) is 10.1. The number of benzene rings is 2. The van der Waals surface area contributed by atoms with Crippen LogP contribution in [0.3, 0.4) is 0 Å². The van der Waals surface area contributed by atoms with E-state index in [4.69, 9.17) is 16.3 Å². The van der Waals surface area contributed by atoms with Crippen LogP contribution >= 0.6 is 27.5 Å². The Balaban J connectivity index is 1.89. The fourth-order valence-corrected chi connectivity index (χ4v) is 5.02. The molecule has 0 bridgehead atoms. The Labute approximate surface area is 205 Å². The number of imidazole rings is 1. The predicted octanol–water partition coefficient (Wildman–Crippen LogP) is 6.59. The van der Waals surface area contributed by atoms with E-state index in [1.807, 2.05) is 12.1 Å². The Morgan fingerprint density at radius 3 is 2.64 bits per heavy atom. The highest BCUT2D eigenvalue weighted by molar-refractivity contribution is 9.10. The number of hydrogen-bond donors (Lipinski definition) is 0. The molecule has 5 nitrogen and oxygen atoms in total. The van der Waals surface area contributed by atoms with E-state index in [2.05, 4.69) is 31.6 Å². The van der Waals surface area contributed by atoms with Crippen LogP contribution in [-0.4, -0.2) is 22.1 Å². The molecule has 1 heterocycles. The number of nitriles is 1. The van der Waals surface area contributed by atoms with Crippen LogP contribution in [0.4, 0.5) is 4.39 Å². The maximum absolute atomic E-state index is 13.8. The Hall–Kier alpha value is -2.69. The van der Waals surface area contributed by atoms with E-state index in [9.17, 15) is 14.4 Å². The molecule has 2 aromatic carbocycles. The van der Waals surface area contributed by atoms with Crippen LogP contribution in [0.5, 0.6) is 0 Å². The van der Waals surface area contributed by atoms with Gasteiger partial charge in [0.25, 0.3) is 0 Å². The summed E-state index contributed by atoms with van der Waals surface area (Å²) in [6, 6.07) is 14.3. The van der Waals surface area contributed by atoms with E-state index in [0.717, 1.165) is 36.1 Å². The quantitative estimate of drug-likeness (QED) is 0.323. The summed E-state index contributed by atoms with van der Waals surface area (Å²) in [5.74, 6) is -1.26. The maximum Gasteiger partial charge on any atom is 0.358 e. The second-order valence-electron chi connectivity index (χ2n) is 8.03. The van der Waals surface area contributed by atoms with E-state index in [-0.39, 0.29) is 29.3 Å². The average Bonchev–Trinajstić information content (AvgIpc) is 3.10. The third kappa shape index (κ3) is 4.83. The summed E-state index contributed by atoms with van der Waals surface area (Å²) in [7, 11) is 0. The number of nitrogens with zero attached hydrogens (tertiary/aromatic N) is 3. The molecule has 170 valence electrons.